The van der Waals surface area contributed by atoms with E-state index in [1.54, 1.807) is 11.8 Å². The highest BCUT2D eigenvalue weighted by molar-refractivity contribution is 9.10. The van der Waals surface area contributed by atoms with Crippen molar-refractivity contribution in [2.75, 3.05) is 0 Å². The van der Waals surface area contributed by atoms with E-state index in [2.05, 4.69) is 42.8 Å². The molecule has 0 atom stereocenters. The normalized spacial score (nSPS) is 11.1. The number of nitrogens with zero attached hydrogens (tertiary/aromatic N) is 1. The van der Waals surface area contributed by atoms with E-state index in [1.807, 2.05) is 18.2 Å². The quantitative estimate of drug-likeness (QED) is 0.714. The first kappa shape index (κ1) is 11.6. The molecule has 0 saturated carbocycles. The Balaban J connectivity index is 3.05. The minimum atomic E-state index is 0.138. The summed E-state index contributed by atoms with van der Waals surface area (Å²) in [6, 6.07) is 8.02. The van der Waals surface area contributed by atoms with Gasteiger partial charge in [0.1, 0.15) is 6.07 Å². The second kappa shape index (κ2) is 4.37. The van der Waals surface area contributed by atoms with Crippen LogP contribution in [0.4, 0.5) is 0 Å². The van der Waals surface area contributed by atoms with Gasteiger partial charge < -0.3 is 0 Å². The largest absolute Gasteiger partial charge is 0.192 e. The minimum absolute atomic E-state index is 0.138. The highest BCUT2D eigenvalue weighted by atomic mass is 79.9. The molecule has 0 unspecified atom stereocenters. The van der Waals surface area contributed by atoms with Gasteiger partial charge in [-0.2, -0.15) is 5.26 Å². The molecule has 3 heteroatoms. The molecule has 0 aliphatic carbocycles. The summed E-state index contributed by atoms with van der Waals surface area (Å²) in [5.74, 6) is 0. The highest BCUT2D eigenvalue weighted by Gasteiger charge is 2.14. The Morgan fingerprint density at radius 3 is 2.50 bits per heavy atom. The maximum Gasteiger partial charge on any atom is 0.100 e. The molecule has 1 aromatic rings. The van der Waals surface area contributed by atoms with E-state index in [0.717, 1.165) is 14.9 Å². The molecule has 0 heterocycles. The van der Waals surface area contributed by atoms with E-state index in [9.17, 15) is 0 Å². The van der Waals surface area contributed by atoms with Crippen LogP contribution in [0.5, 0.6) is 0 Å². The lowest BCUT2D eigenvalue weighted by molar-refractivity contribution is 0.802. The van der Waals surface area contributed by atoms with Crippen LogP contribution in [0.25, 0.3) is 0 Å². The van der Waals surface area contributed by atoms with Gasteiger partial charge in [-0.25, -0.2) is 0 Å². The molecule has 0 fully saturated rings. The molecule has 0 aliphatic heterocycles. The van der Waals surface area contributed by atoms with Crippen molar-refractivity contribution in [3.8, 4) is 6.07 Å². The predicted molar refractivity (Wildman–Crippen MR) is 64.5 cm³/mol. The number of hydrogen-bond donors (Lipinski definition) is 0. The van der Waals surface area contributed by atoms with Crippen molar-refractivity contribution >= 4 is 27.7 Å². The molecule has 1 aromatic carbocycles. The fraction of sp³-hybridized carbons (Fsp3) is 0.364. The van der Waals surface area contributed by atoms with Gasteiger partial charge in [-0.3, -0.25) is 0 Å². The first-order chi connectivity index (χ1) is 6.42. The Morgan fingerprint density at radius 1 is 1.36 bits per heavy atom. The van der Waals surface area contributed by atoms with Gasteiger partial charge in [0.25, 0.3) is 0 Å². The number of halogens is 1. The predicted octanol–water partition coefficient (Wildman–Crippen LogP) is 4.21. The summed E-state index contributed by atoms with van der Waals surface area (Å²) < 4.78 is 1.09. The van der Waals surface area contributed by atoms with Crippen molar-refractivity contribution < 1.29 is 0 Å². The summed E-state index contributed by atoms with van der Waals surface area (Å²) in [6.07, 6.45) is 0. The van der Waals surface area contributed by atoms with Crippen LogP contribution in [0.3, 0.4) is 0 Å². The summed E-state index contributed by atoms with van der Waals surface area (Å²) in [5, 5.41) is 8.96. The molecule has 74 valence electrons. The summed E-state index contributed by atoms with van der Waals surface area (Å²) in [4.78, 5) is 1.04. The third-order valence-electron chi connectivity index (χ3n) is 1.48. The lowest BCUT2D eigenvalue weighted by Crippen LogP contribution is -2.07. The standard InChI is InChI=1S/C11H12BrNS/c1-11(2,3)14-10-5-4-9(12)6-8(10)7-13/h4-6H,1-3H3. The fourth-order valence-electron chi connectivity index (χ4n) is 1.01. The molecule has 1 rings (SSSR count). The fourth-order valence-corrected chi connectivity index (χ4v) is 2.38. The number of rotatable bonds is 1. The molecular formula is C11H12BrNS. The second-order valence-corrected chi connectivity index (χ2v) is 6.75. The Bertz CT molecular complexity index is 374. The first-order valence-corrected chi connectivity index (χ1v) is 5.92. The zero-order chi connectivity index (χ0) is 10.8. The molecule has 0 radical (unpaired) electrons. The number of hydrogen-bond acceptors (Lipinski definition) is 2. The Morgan fingerprint density at radius 2 is 2.00 bits per heavy atom. The van der Waals surface area contributed by atoms with Crippen LogP contribution in [0.2, 0.25) is 0 Å². The summed E-state index contributed by atoms with van der Waals surface area (Å²) in [7, 11) is 0. The van der Waals surface area contributed by atoms with Crippen molar-refractivity contribution in [2.24, 2.45) is 0 Å². The van der Waals surface area contributed by atoms with Gasteiger partial charge in [0.05, 0.1) is 5.56 Å². The Labute approximate surface area is 97.6 Å². The zero-order valence-corrected chi connectivity index (χ0v) is 10.9. The van der Waals surface area contributed by atoms with E-state index in [1.165, 1.54) is 0 Å². The molecule has 0 aliphatic rings. The van der Waals surface area contributed by atoms with Gasteiger partial charge in [0.15, 0.2) is 0 Å². The average Bonchev–Trinajstić information content (AvgIpc) is 2.06. The van der Waals surface area contributed by atoms with Crippen molar-refractivity contribution in [3.05, 3.63) is 28.2 Å². The van der Waals surface area contributed by atoms with E-state index < -0.39 is 0 Å². The lowest BCUT2D eigenvalue weighted by atomic mass is 10.2. The van der Waals surface area contributed by atoms with Crippen LogP contribution in [0.1, 0.15) is 26.3 Å². The van der Waals surface area contributed by atoms with Gasteiger partial charge in [-0.1, -0.05) is 36.7 Å². The molecule has 0 spiro atoms. The van der Waals surface area contributed by atoms with E-state index in [4.69, 9.17) is 5.26 Å². The van der Waals surface area contributed by atoms with Gasteiger partial charge in [0, 0.05) is 14.1 Å². The topological polar surface area (TPSA) is 23.8 Å². The first-order valence-electron chi connectivity index (χ1n) is 4.31. The van der Waals surface area contributed by atoms with Crippen LogP contribution in [0.15, 0.2) is 27.6 Å². The van der Waals surface area contributed by atoms with E-state index >= 15 is 0 Å². The molecule has 0 saturated heterocycles. The van der Waals surface area contributed by atoms with E-state index in [0.29, 0.717) is 0 Å². The van der Waals surface area contributed by atoms with Crippen LogP contribution in [-0.4, -0.2) is 4.75 Å². The summed E-state index contributed by atoms with van der Waals surface area (Å²) >= 11 is 5.07. The van der Waals surface area contributed by atoms with Gasteiger partial charge in [0.2, 0.25) is 0 Å². The van der Waals surface area contributed by atoms with Crippen molar-refractivity contribution in [2.45, 2.75) is 30.4 Å². The Hall–Kier alpha value is -0.460. The SMILES string of the molecule is CC(C)(C)Sc1ccc(Br)cc1C#N. The van der Waals surface area contributed by atoms with Crippen LogP contribution < -0.4 is 0 Å². The molecular weight excluding hydrogens is 258 g/mol. The third kappa shape index (κ3) is 3.36. The third-order valence-corrected chi connectivity index (χ3v) is 3.16. The summed E-state index contributed by atoms with van der Waals surface area (Å²) in [5.41, 5.74) is 0.735. The molecule has 0 N–H and O–H groups in total. The maximum atomic E-state index is 8.96. The van der Waals surface area contributed by atoms with Gasteiger partial charge >= 0.3 is 0 Å². The van der Waals surface area contributed by atoms with Crippen molar-refractivity contribution in [1.82, 2.24) is 0 Å². The minimum Gasteiger partial charge on any atom is -0.192 e. The van der Waals surface area contributed by atoms with Crippen LogP contribution >= 0.6 is 27.7 Å². The monoisotopic (exact) mass is 269 g/mol. The molecule has 14 heavy (non-hydrogen) atoms. The van der Waals surface area contributed by atoms with Gasteiger partial charge in [-0.15, -0.1) is 11.8 Å². The molecule has 0 amide bonds. The van der Waals surface area contributed by atoms with Crippen LogP contribution in [-0.2, 0) is 0 Å². The molecule has 1 nitrogen and oxygen atoms in total. The highest BCUT2D eigenvalue weighted by Crippen LogP contribution is 2.34. The molecule has 0 aromatic heterocycles. The van der Waals surface area contributed by atoms with Crippen molar-refractivity contribution in [3.63, 3.8) is 0 Å². The second-order valence-electron chi connectivity index (χ2n) is 3.97. The average molecular weight is 270 g/mol. The van der Waals surface area contributed by atoms with Crippen molar-refractivity contribution in [1.29, 1.82) is 5.26 Å². The van der Waals surface area contributed by atoms with Gasteiger partial charge in [-0.05, 0) is 18.2 Å². The zero-order valence-electron chi connectivity index (χ0n) is 8.47. The number of benzene rings is 1. The smallest absolute Gasteiger partial charge is 0.100 e. The Kier molecular flexibility index (Phi) is 3.63. The summed E-state index contributed by atoms with van der Waals surface area (Å²) in [6.45, 7) is 6.42. The van der Waals surface area contributed by atoms with E-state index in [-0.39, 0.29) is 4.75 Å². The lowest BCUT2D eigenvalue weighted by Gasteiger charge is -2.18. The molecule has 0 bridgehead atoms. The number of thioether (sulfide) groups is 1. The van der Waals surface area contributed by atoms with Crippen LogP contribution in [0, 0.1) is 11.3 Å². The maximum absolute atomic E-state index is 8.96. The number of nitriles is 1.